The molecule has 1 fully saturated rings. The average Bonchev–Trinajstić information content (AvgIpc) is 3.21. The number of carbonyl (C=O) groups is 1. The molecule has 0 unspecified atom stereocenters. The second-order valence-corrected chi connectivity index (χ2v) is 9.44. The van der Waals surface area contributed by atoms with Gasteiger partial charge in [-0.25, -0.2) is 13.4 Å². The Morgan fingerprint density at radius 2 is 2.10 bits per heavy atom. The number of nitrogens with one attached hydrogen (secondary N) is 2. The topological polar surface area (TPSA) is 104 Å². The monoisotopic (exact) mass is 441 g/mol. The summed E-state index contributed by atoms with van der Waals surface area (Å²) in [5, 5.41) is 7.49. The third-order valence-corrected chi connectivity index (χ3v) is 6.61. The summed E-state index contributed by atoms with van der Waals surface area (Å²) in [5.41, 5.74) is 3.55. The number of aromatic nitrogens is 2. The lowest BCUT2D eigenvalue weighted by Crippen LogP contribution is -2.30. The fraction of sp³-hybridized carbons (Fsp3) is 0.318. The van der Waals surface area contributed by atoms with Crippen LogP contribution in [0.2, 0.25) is 0 Å². The zero-order valence-electron chi connectivity index (χ0n) is 17.8. The Hall–Kier alpha value is -3.04. The van der Waals surface area contributed by atoms with E-state index in [1.165, 1.54) is 10.4 Å². The van der Waals surface area contributed by atoms with Crippen LogP contribution in [0, 0.1) is 13.8 Å². The first-order chi connectivity index (χ1) is 14.7. The van der Waals surface area contributed by atoms with E-state index in [4.69, 9.17) is 0 Å². The Balaban J connectivity index is 1.78. The number of hydrogen-bond acceptors (Lipinski definition) is 7. The minimum atomic E-state index is -3.43. The van der Waals surface area contributed by atoms with Crippen LogP contribution < -0.4 is 10.6 Å². The molecule has 1 saturated heterocycles. The number of ketones is 1. The first-order valence-electron chi connectivity index (χ1n) is 9.96. The van der Waals surface area contributed by atoms with Crippen molar-refractivity contribution in [2.75, 3.05) is 23.7 Å². The number of benzene rings is 1. The van der Waals surface area contributed by atoms with Crippen LogP contribution in [0.1, 0.15) is 23.1 Å². The maximum atomic E-state index is 12.0. The smallest absolute Gasteiger partial charge is 0.235 e. The fourth-order valence-corrected chi connectivity index (χ4v) is 4.34. The highest BCUT2D eigenvalue weighted by molar-refractivity contribution is 7.92. The van der Waals surface area contributed by atoms with Crippen molar-refractivity contribution in [3.8, 4) is 0 Å². The highest BCUT2D eigenvalue weighted by Gasteiger charge is 2.30. The van der Waals surface area contributed by atoms with Crippen LogP contribution in [-0.2, 0) is 21.2 Å². The van der Waals surface area contributed by atoms with E-state index in [0.29, 0.717) is 31.3 Å². The largest absolute Gasteiger partial charge is 0.350 e. The van der Waals surface area contributed by atoms with Gasteiger partial charge < -0.3 is 10.6 Å². The number of hydrogen-bond donors (Lipinski definition) is 2. The molecule has 8 nitrogen and oxygen atoms in total. The molecular weight excluding hydrogens is 414 g/mol. The molecule has 0 aliphatic carbocycles. The molecule has 1 aliphatic rings. The molecular formula is C22H27N5O3S. The summed E-state index contributed by atoms with van der Waals surface area (Å²) in [6, 6.07) is 5.76. The molecule has 0 radical (unpaired) electrons. The zero-order chi connectivity index (χ0) is 22.6. The van der Waals surface area contributed by atoms with Gasteiger partial charge in [0.2, 0.25) is 16.0 Å². The summed E-state index contributed by atoms with van der Waals surface area (Å²) >= 11 is 0. The summed E-state index contributed by atoms with van der Waals surface area (Å²) in [6.07, 6.45) is 3.92. The van der Waals surface area contributed by atoms with Crippen molar-refractivity contribution < 1.29 is 13.2 Å². The summed E-state index contributed by atoms with van der Waals surface area (Å²) in [6.45, 7) is 11.5. The van der Waals surface area contributed by atoms with Gasteiger partial charge in [0.1, 0.15) is 5.82 Å². The van der Waals surface area contributed by atoms with Gasteiger partial charge in [0.05, 0.1) is 0 Å². The first-order valence-corrected chi connectivity index (χ1v) is 11.5. The lowest BCUT2D eigenvalue weighted by atomic mass is 10.0. The van der Waals surface area contributed by atoms with Crippen LogP contribution in [0.15, 0.2) is 49.0 Å². The Bertz CT molecular complexity index is 1110. The van der Waals surface area contributed by atoms with E-state index < -0.39 is 10.0 Å². The molecule has 2 heterocycles. The predicted molar refractivity (Wildman–Crippen MR) is 123 cm³/mol. The van der Waals surface area contributed by atoms with Crippen molar-refractivity contribution in [2.24, 2.45) is 0 Å². The standard InChI is InChI=1S/C22H27N5O3S/c1-5-19(28)12-17-11-15(3)7-8-20(17)25-21-16(4)13-23-22(26-21)24-18-9-10-27(14-18)31(29,30)6-2/h5-8,11,13,18H,1-2,9-10,12,14H2,3-4H3,(H2,23,24,25,26)/t18-/m1/s1. The SMILES string of the molecule is C=CC(=O)Cc1cc(C)ccc1Nc1nc(N[C@@H]2CCN(S(=O)(=O)C=C)C2)ncc1C. The van der Waals surface area contributed by atoms with Crippen LogP contribution in [0.5, 0.6) is 0 Å². The Kier molecular flexibility index (Phi) is 6.87. The van der Waals surface area contributed by atoms with Crippen molar-refractivity contribution >= 4 is 33.3 Å². The number of anilines is 3. The molecule has 9 heteroatoms. The van der Waals surface area contributed by atoms with Crippen LogP contribution in [0.3, 0.4) is 0 Å². The van der Waals surface area contributed by atoms with E-state index in [-0.39, 0.29) is 18.2 Å². The quantitative estimate of drug-likeness (QED) is 0.576. The maximum absolute atomic E-state index is 12.0. The third-order valence-electron chi connectivity index (χ3n) is 5.13. The second kappa shape index (κ2) is 9.40. The van der Waals surface area contributed by atoms with Gasteiger partial charge in [0.25, 0.3) is 0 Å². The lowest BCUT2D eigenvalue weighted by Gasteiger charge is -2.17. The molecule has 1 atom stereocenters. The van der Waals surface area contributed by atoms with Crippen LogP contribution in [-0.4, -0.2) is 47.6 Å². The Morgan fingerprint density at radius 1 is 1.32 bits per heavy atom. The summed E-state index contributed by atoms with van der Waals surface area (Å²) in [4.78, 5) is 20.8. The van der Waals surface area contributed by atoms with Crippen molar-refractivity contribution in [1.29, 1.82) is 0 Å². The molecule has 1 aliphatic heterocycles. The second-order valence-electron chi connectivity index (χ2n) is 7.56. The van der Waals surface area contributed by atoms with Crippen molar-refractivity contribution in [1.82, 2.24) is 14.3 Å². The van der Waals surface area contributed by atoms with Gasteiger partial charge in [0, 0.05) is 48.4 Å². The van der Waals surface area contributed by atoms with Gasteiger partial charge in [-0.2, -0.15) is 9.29 Å². The van der Waals surface area contributed by atoms with Crippen molar-refractivity contribution in [2.45, 2.75) is 32.7 Å². The molecule has 0 spiro atoms. The van der Waals surface area contributed by atoms with Gasteiger partial charge in [-0.1, -0.05) is 30.9 Å². The molecule has 0 amide bonds. The molecule has 164 valence electrons. The van der Waals surface area contributed by atoms with E-state index >= 15 is 0 Å². The van der Waals surface area contributed by atoms with Crippen LogP contribution in [0.4, 0.5) is 17.5 Å². The van der Waals surface area contributed by atoms with E-state index in [1.807, 2.05) is 32.0 Å². The van der Waals surface area contributed by atoms with Gasteiger partial charge in [-0.15, -0.1) is 0 Å². The van der Waals surface area contributed by atoms with Gasteiger partial charge >= 0.3 is 0 Å². The van der Waals surface area contributed by atoms with Gasteiger partial charge in [-0.05, 0) is 38.0 Å². The lowest BCUT2D eigenvalue weighted by molar-refractivity contribution is -0.114. The highest BCUT2D eigenvalue weighted by Crippen LogP contribution is 2.25. The molecule has 31 heavy (non-hydrogen) atoms. The molecule has 1 aromatic carbocycles. The molecule has 2 aromatic rings. The normalized spacial score (nSPS) is 16.6. The number of nitrogens with zero attached hydrogens (tertiary/aromatic N) is 3. The average molecular weight is 442 g/mol. The van der Waals surface area contributed by atoms with E-state index in [9.17, 15) is 13.2 Å². The molecule has 3 rings (SSSR count). The summed E-state index contributed by atoms with van der Waals surface area (Å²) in [5.74, 6) is 0.963. The highest BCUT2D eigenvalue weighted by atomic mass is 32.2. The van der Waals surface area contributed by atoms with Gasteiger partial charge in [0.15, 0.2) is 5.78 Å². The molecule has 1 aromatic heterocycles. The van der Waals surface area contributed by atoms with E-state index in [1.54, 1.807) is 6.20 Å². The Labute approximate surface area is 183 Å². The zero-order valence-corrected chi connectivity index (χ0v) is 18.6. The Morgan fingerprint density at radius 3 is 2.81 bits per heavy atom. The number of aryl methyl sites for hydroxylation is 2. The van der Waals surface area contributed by atoms with Crippen LogP contribution in [0.25, 0.3) is 0 Å². The number of allylic oxidation sites excluding steroid dienone is 1. The third kappa shape index (κ3) is 5.56. The number of carbonyl (C=O) groups excluding carboxylic acids is 1. The minimum Gasteiger partial charge on any atom is -0.350 e. The van der Waals surface area contributed by atoms with Crippen molar-refractivity contribution in [3.63, 3.8) is 0 Å². The number of rotatable bonds is 9. The summed E-state index contributed by atoms with van der Waals surface area (Å²) < 4.78 is 25.3. The molecule has 0 saturated carbocycles. The van der Waals surface area contributed by atoms with Crippen LogP contribution >= 0.6 is 0 Å². The fourth-order valence-electron chi connectivity index (χ4n) is 3.38. The molecule has 0 bridgehead atoms. The minimum absolute atomic E-state index is 0.0596. The number of sulfonamides is 1. The van der Waals surface area contributed by atoms with Crippen molar-refractivity contribution in [3.05, 3.63) is 65.7 Å². The maximum Gasteiger partial charge on any atom is 0.235 e. The van der Waals surface area contributed by atoms with E-state index in [0.717, 1.165) is 27.8 Å². The molecule has 2 N–H and O–H groups in total. The summed E-state index contributed by atoms with van der Waals surface area (Å²) in [7, 11) is -3.43. The van der Waals surface area contributed by atoms with Gasteiger partial charge in [-0.3, -0.25) is 4.79 Å². The first kappa shape index (κ1) is 22.6. The predicted octanol–water partition coefficient (Wildman–Crippen LogP) is 3.09. The van der Waals surface area contributed by atoms with E-state index in [2.05, 4.69) is 33.8 Å².